The number of hydrogen-bond donors (Lipinski definition) is 0. The Kier molecular flexibility index (Phi) is 7.04. The first-order chi connectivity index (χ1) is 4.43. The minimum atomic E-state index is 0.667. The second-order valence-corrected chi connectivity index (χ2v) is 1.77. The third kappa shape index (κ3) is 4.01. The van der Waals surface area contributed by atoms with Crippen LogP contribution in [0, 0.1) is 6.20 Å². The Hall–Kier alpha value is 0.533. The van der Waals surface area contributed by atoms with Gasteiger partial charge in [0.25, 0.3) is 0 Å². The molecule has 0 radical (unpaired) electrons. The summed E-state index contributed by atoms with van der Waals surface area (Å²) in [7, 11) is 1.59. The van der Waals surface area contributed by atoms with Crippen molar-refractivity contribution in [2.45, 2.75) is 0 Å². The van der Waals surface area contributed by atoms with Crippen molar-refractivity contribution >= 4 is 25.0 Å². The molecule has 5 heteroatoms. The van der Waals surface area contributed by atoms with Crippen LogP contribution in [0.5, 0.6) is 5.19 Å². The summed E-state index contributed by atoms with van der Waals surface area (Å²) in [5.74, 6) is 0. The molecule has 0 aliphatic carbocycles. The molecule has 46 valence electrons. The molecule has 0 saturated carbocycles. The molecular formula is C4H4BrNOSZn. The van der Waals surface area contributed by atoms with E-state index in [1.54, 1.807) is 12.5 Å². The summed E-state index contributed by atoms with van der Waals surface area (Å²) < 4.78 is 4.73. The van der Waals surface area contributed by atoms with Gasteiger partial charge < -0.3 is 9.72 Å². The van der Waals surface area contributed by atoms with Crippen LogP contribution >= 0.6 is 25.0 Å². The number of halogens is 1. The third-order valence-corrected chi connectivity index (χ3v) is 1.23. The first-order valence-corrected chi connectivity index (χ1v) is 9.88. The van der Waals surface area contributed by atoms with E-state index in [0.29, 0.717) is 5.19 Å². The van der Waals surface area contributed by atoms with Crippen LogP contribution in [0.25, 0.3) is 0 Å². The van der Waals surface area contributed by atoms with Gasteiger partial charge >= 0.3 is 30.0 Å². The molecule has 0 N–H and O–H groups in total. The van der Waals surface area contributed by atoms with Crippen LogP contribution in [-0.4, -0.2) is 12.1 Å². The molecule has 0 atom stereocenters. The molecule has 0 aliphatic heterocycles. The van der Waals surface area contributed by atoms with Gasteiger partial charge in [0.05, 0.1) is 7.11 Å². The average Bonchev–Trinajstić information content (AvgIpc) is 2.43. The van der Waals surface area contributed by atoms with Crippen molar-refractivity contribution in [1.82, 2.24) is 4.98 Å². The van der Waals surface area contributed by atoms with Crippen LogP contribution in [0.1, 0.15) is 0 Å². The van der Waals surface area contributed by atoms with Crippen LogP contribution < -0.4 is 4.74 Å². The van der Waals surface area contributed by atoms with Crippen LogP contribution in [0.2, 0.25) is 0 Å². The van der Waals surface area contributed by atoms with Gasteiger partial charge in [-0.1, -0.05) is 5.38 Å². The van der Waals surface area contributed by atoms with Gasteiger partial charge in [0, 0.05) is 0 Å². The zero-order valence-corrected chi connectivity index (χ0v) is 10.3. The Labute approximate surface area is 74.7 Å². The SMILES string of the molecule is COc1n[c-]cs1.[Zn+][Br]. The van der Waals surface area contributed by atoms with Gasteiger partial charge in [0.2, 0.25) is 0 Å². The summed E-state index contributed by atoms with van der Waals surface area (Å²) in [5, 5.41) is 2.42. The van der Waals surface area contributed by atoms with Gasteiger partial charge in [0.15, 0.2) is 0 Å². The first-order valence-electron chi connectivity index (χ1n) is 2.06. The summed E-state index contributed by atoms with van der Waals surface area (Å²) in [5.41, 5.74) is 0. The Morgan fingerprint density at radius 3 is 2.78 bits per heavy atom. The van der Waals surface area contributed by atoms with E-state index in [9.17, 15) is 0 Å². The third-order valence-electron chi connectivity index (χ3n) is 0.543. The molecule has 2 nitrogen and oxygen atoms in total. The molecule has 0 fully saturated rings. The molecule has 1 aromatic heterocycles. The molecule has 9 heavy (non-hydrogen) atoms. The van der Waals surface area contributed by atoms with Crippen LogP contribution in [0.3, 0.4) is 0 Å². The van der Waals surface area contributed by atoms with Crippen LogP contribution in [0.15, 0.2) is 5.38 Å². The normalized spacial score (nSPS) is 7.56. The van der Waals surface area contributed by atoms with Gasteiger partial charge in [-0.3, -0.25) is 0 Å². The molecule has 1 heterocycles. The van der Waals surface area contributed by atoms with E-state index in [2.05, 4.69) is 24.8 Å². The summed E-state index contributed by atoms with van der Waals surface area (Å²) in [6.07, 6.45) is 2.62. The predicted molar refractivity (Wildman–Crippen MR) is 36.4 cm³/mol. The Morgan fingerprint density at radius 1 is 1.89 bits per heavy atom. The quantitative estimate of drug-likeness (QED) is 0.567. The van der Waals surface area contributed by atoms with Crippen LogP contribution in [0.4, 0.5) is 0 Å². The van der Waals surface area contributed by atoms with Crippen molar-refractivity contribution in [3.05, 3.63) is 11.6 Å². The second-order valence-electron chi connectivity index (χ2n) is 0.947. The fourth-order valence-electron chi connectivity index (χ4n) is 0.276. The van der Waals surface area contributed by atoms with Crippen LogP contribution in [-0.2, 0) is 16.3 Å². The van der Waals surface area contributed by atoms with Gasteiger partial charge in [-0.05, 0) is 0 Å². The van der Waals surface area contributed by atoms with Crippen molar-refractivity contribution in [1.29, 1.82) is 0 Å². The Balaban J connectivity index is 0.000000291. The monoisotopic (exact) mass is 257 g/mol. The maximum absolute atomic E-state index is 4.73. The molecule has 1 rings (SSSR count). The summed E-state index contributed by atoms with van der Waals surface area (Å²) in [6.45, 7) is 0. The fourth-order valence-corrected chi connectivity index (χ4v) is 0.684. The summed E-state index contributed by atoms with van der Waals surface area (Å²) >= 11 is 5.68. The first kappa shape index (κ1) is 9.53. The summed E-state index contributed by atoms with van der Waals surface area (Å²) in [4.78, 5) is 3.71. The molecule has 1 aromatic rings. The number of aromatic nitrogens is 1. The molecule has 0 spiro atoms. The van der Waals surface area contributed by atoms with Gasteiger partial charge in [-0.2, -0.15) is 0 Å². The van der Waals surface area contributed by atoms with E-state index in [-0.39, 0.29) is 0 Å². The molecule has 0 bridgehead atoms. The van der Waals surface area contributed by atoms with E-state index < -0.39 is 0 Å². The number of hydrogen-bond acceptors (Lipinski definition) is 3. The van der Waals surface area contributed by atoms with E-state index in [1.807, 2.05) is 0 Å². The second kappa shape index (κ2) is 6.65. The van der Waals surface area contributed by atoms with E-state index >= 15 is 0 Å². The minimum absolute atomic E-state index is 0.667. The molecular weight excluding hydrogens is 255 g/mol. The van der Waals surface area contributed by atoms with E-state index in [0.717, 1.165) is 0 Å². The van der Waals surface area contributed by atoms with E-state index in [1.165, 1.54) is 27.7 Å². The molecule has 0 aromatic carbocycles. The molecule has 0 aliphatic rings. The fraction of sp³-hybridized carbons (Fsp3) is 0.250. The zero-order valence-electron chi connectivity index (χ0n) is 4.93. The van der Waals surface area contributed by atoms with Crippen molar-refractivity contribution in [2.75, 3.05) is 7.11 Å². The van der Waals surface area contributed by atoms with Crippen molar-refractivity contribution in [2.24, 2.45) is 0 Å². The zero-order chi connectivity index (χ0) is 7.11. The van der Waals surface area contributed by atoms with E-state index in [4.69, 9.17) is 4.74 Å². The van der Waals surface area contributed by atoms with Gasteiger partial charge in [-0.25, -0.2) is 11.3 Å². The van der Waals surface area contributed by atoms with Gasteiger partial charge in [-0.15, -0.1) is 6.20 Å². The average molecular weight is 259 g/mol. The van der Waals surface area contributed by atoms with Crippen molar-refractivity contribution in [3.8, 4) is 5.19 Å². The number of nitrogens with zero attached hydrogens (tertiary/aromatic N) is 1. The molecule has 0 unspecified atom stereocenters. The topological polar surface area (TPSA) is 22.1 Å². The molecule has 0 amide bonds. The number of ether oxygens (including phenoxy) is 1. The number of methoxy groups -OCH3 is 1. The van der Waals surface area contributed by atoms with Crippen molar-refractivity contribution in [3.63, 3.8) is 0 Å². The van der Waals surface area contributed by atoms with Gasteiger partial charge in [0.1, 0.15) is 5.19 Å². The van der Waals surface area contributed by atoms with Crippen molar-refractivity contribution < 1.29 is 21.1 Å². The Morgan fingerprint density at radius 2 is 2.56 bits per heavy atom. The number of rotatable bonds is 1. The molecule has 0 saturated heterocycles. The maximum atomic E-state index is 4.73. The summed E-state index contributed by atoms with van der Waals surface area (Å²) in [6, 6.07) is 0. The standard InChI is InChI=1S/C4H4NOS.BrH.Zn/c1-6-4-5-2-3-7-4;;/h3H,1H3;1H;/q-1;;+2/p-1. The number of thiazole rings is 1. The predicted octanol–water partition coefficient (Wildman–Crippen LogP) is 1.79. The Bertz CT molecular complexity index is 135.